The molecule has 0 N–H and O–H groups in total. The Hall–Kier alpha value is -0.650. The Kier molecular flexibility index (Phi) is 4.01. The topological polar surface area (TPSA) is 20.3 Å². The van der Waals surface area contributed by atoms with Crippen LogP contribution < -0.4 is 0 Å². The van der Waals surface area contributed by atoms with Crippen LogP contribution in [-0.2, 0) is 4.79 Å². The van der Waals surface area contributed by atoms with Gasteiger partial charge in [-0.05, 0) is 30.9 Å². The van der Waals surface area contributed by atoms with E-state index >= 15 is 0 Å². The highest BCUT2D eigenvalue weighted by atomic mass is 32.2. The summed E-state index contributed by atoms with van der Waals surface area (Å²) < 4.78 is 0.673. The van der Waals surface area contributed by atoms with Crippen molar-refractivity contribution in [3.05, 3.63) is 27.3 Å². The Bertz CT molecular complexity index is 464. The van der Waals surface area contributed by atoms with Crippen LogP contribution in [0.15, 0.2) is 22.4 Å². The molecule has 90 valence electrons. The van der Waals surface area contributed by atoms with Gasteiger partial charge in [-0.1, -0.05) is 37.0 Å². The van der Waals surface area contributed by atoms with Crippen LogP contribution in [0.4, 0.5) is 0 Å². The first-order valence-corrected chi connectivity index (χ1v) is 7.54. The minimum atomic E-state index is 0.0442. The summed E-state index contributed by atoms with van der Waals surface area (Å²) in [7, 11) is 0. The zero-order chi connectivity index (χ0) is 12.4. The molecule has 1 amide bonds. The van der Waals surface area contributed by atoms with E-state index in [-0.39, 0.29) is 11.9 Å². The summed E-state index contributed by atoms with van der Waals surface area (Å²) in [5.74, 6) is 0.0442. The van der Waals surface area contributed by atoms with E-state index in [2.05, 4.69) is 6.92 Å². The molecule has 1 aliphatic heterocycles. The molecule has 0 spiro atoms. The number of carbonyl (C=O) groups excluding carboxylic acids is 1. The first-order chi connectivity index (χ1) is 8.13. The van der Waals surface area contributed by atoms with Crippen molar-refractivity contribution in [3.63, 3.8) is 0 Å². The van der Waals surface area contributed by atoms with Gasteiger partial charge in [0, 0.05) is 10.9 Å². The molecule has 0 aromatic carbocycles. The number of thiophene rings is 1. The van der Waals surface area contributed by atoms with Gasteiger partial charge in [0.15, 0.2) is 0 Å². The van der Waals surface area contributed by atoms with Crippen LogP contribution in [0.3, 0.4) is 0 Å². The number of thiocarbonyl (C=S) groups is 1. The Balaban J connectivity index is 2.24. The second-order valence-corrected chi connectivity index (χ2v) is 6.48. The molecule has 1 aromatic rings. The third kappa shape index (κ3) is 2.61. The number of hydrogen-bond donors (Lipinski definition) is 0. The van der Waals surface area contributed by atoms with E-state index in [4.69, 9.17) is 12.2 Å². The van der Waals surface area contributed by atoms with E-state index in [1.165, 1.54) is 11.8 Å². The lowest BCUT2D eigenvalue weighted by Crippen LogP contribution is -2.36. The van der Waals surface area contributed by atoms with Gasteiger partial charge >= 0.3 is 0 Å². The molecule has 0 saturated carbocycles. The Morgan fingerprint density at radius 3 is 2.94 bits per heavy atom. The van der Waals surface area contributed by atoms with E-state index in [9.17, 15) is 4.79 Å². The van der Waals surface area contributed by atoms with Gasteiger partial charge in [-0.3, -0.25) is 9.69 Å². The molecule has 2 rings (SSSR count). The summed E-state index contributed by atoms with van der Waals surface area (Å²) in [6.45, 7) is 4.09. The second-order valence-electron chi connectivity index (χ2n) is 3.82. The molecule has 2 heterocycles. The molecule has 1 atom stereocenters. The first-order valence-electron chi connectivity index (χ1n) is 5.44. The maximum absolute atomic E-state index is 12.2. The minimum absolute atomic E-state index is 0.0442. The van der Waals surface area contributed by atoms with Gasteiger partial charge in [0.05, 0.1) is 4.91 Å². The van der Waals surface area contributed by atoms with E-state index in [1.54, 1.807) is 16.2 Å². The molecule has 17 heavy (non-hydrogen) atoms. The van der Waals surface area contributed by atoms with E-state index in [0.29, 0.717) is 4.32 Å². The molecule has 1 unspecified atom stereocenters. The maximum Gasteiger partial charge on any atom is 0.266 e. The lowest BCUT2D eigenvalue weighted by molar-refractivity contribution is -0.123. The SMILES string of the molecule is CCC(C)N1C(=O)C(=Cc2cccs2)SC1=S. The van der Waals surface area contributed by atoms with Gasteiger partial charge in [-0.15, -0.1) is 11.3 Å². The molecule has 2 nitrogen and oxygen atoms in total. The fourth-order valence-corrected chi connectivity index (χ4v) is 3.73. The third-order valence-corrected chi connectivity index (χ3v) is 4.82. The molecule has 0 radical (unpaired) electrons. The minimum Gasteiger partial charge on any atom is -0.290 e. The third-order valence-electron chi connectivity index (χ3n) is 2.67. The van der Waals surface area contributed by atoms with Gasteiger partial charge < -0.3 is 0 Å². The summed E-state index contributed by atoms with van der Waals surface area (Å²) >= 11 is 8.29. The van der Waals surface area contributed by atoms with Crippen LogP contribution in [0, 0.1) is 0 Å². The average molecular weight is 283 g/mol. The zero-order valence-corrected chi connectivity index (χ0v) is 12.1. The Labute approximate surface area is 115 Å². The maximum atomic E-state index is 12.2. The van der Waals surface area contributed by atoms with Crippen LogP contribution in [0.5, 0.6) is 0 Å². The van der Waals surface area contributed by atoms with Crippen LogP contribution in [0.1, 0.15) is 25.1 Å². The van der Waals surface area contributed by atoms with Crippen molar-refractivity contribution in [2.45, 2.75) is 26.3 Å². The van der Waals surface area contributed by atoms with Crippen LogP contribution >= 0.6 is 35.3 Å². The normalized spacial score (nSPS) is 20.4. The molecule has 5 heteroatoms. The second kappa shape index (κ2) is 5.33. The highest BCUT2D eigenvalue weighted by Crippen LogP contribution is 2.34. The number of amides is 1. The van der Waals surface area contributed by atoms with Gasteiger partial charge in [0.25, 0.3) is 5.91 Å². The summed E-state index contributed by atoms with van der Waals surface area (Å²) in [6.07, 6.45) is 2.84. The summed E-state index contributed by atoms with van der Waals surface area (Å²) in [5, 5.41) is 2.00. The highest BCUT2D eigenvalue weighted by molar-refractivity contribution is 8.26. The standard InChI is InChI=1S/C12H13NOS3/c1-3-8(2)13-11(14)10(17-12(13)15)7-9-5-4-6-16-9/h4-8H,3H2,1-2H3. The molecule has 1 saturated heterocycles. The number of thioether (sulfide) groups is 1. The highest BCUT2D eigenvalue weighted by Gasteiger charge is 2.34. The molecule has 1 fully saturated rings. The van der Waals surface area contributed by atoms with Crippen molar-refractivity contribution in [1.29, 1.82) is 0 Å². The molecular weight excluding hydrogens is 270 g/mol. The van der Waals surface area contributed by atoms with Crippen molar-refractivity contribution in [2.75, 3.05) is 0 Å². The Morgan fingerprint density at radius 2 is 2.35 bits per heavy atom. The van der Waals surface area contributed by atoms with Crippen molar-refractivity contribution >= 4 is 51.6 Å². The van der Waals surface area contributed by atoms with Crippen molar-refractivity contribution in [3.8, 4) is 0 Å². The van der Waals surface area contributed by atoms with Crippen molar-refractivity contribution in [1.82, 2.24) is 4.90 Å². The monoisotopic (exact) mass is 283 g/mol. The fourth-order valence-electron chi connectivity index (χ4n) is 1.55. The lowest BCUT2D eigenvalue weighted by atomic mass is 10.2. The number of hydrogen-bond acceptors (Lipinski definition) is 4. The van der Waals surface area contributed by atoms with Crippen molar-refractivity contribution in [2.24, 2.45) is 0 Å². The van der Waals surface area contributed by atoms with Gasteiger partial charge in [0.1, 0.15) is 4.32 Å². The average Bonchev–Trinajstić information content (AvgIpc) is 2.89. The predicted molar refractivity (Wildman–Crippen MR) is 79.1 cm³/mol. The van der Waals surface area contributed by atoms with Gasteiger partial charge in [0.2, 0.25) is 0 Å². The van der Waals surface area contributed by atoms with Gasteiger partial charge in [-0.25, -0.2) is 0 Å². The molecule has 0 aliphatic carbocycles. The number of rotatable bonds is 3. The van der Waals surface area contributed by atoms with Crippen molar-refractivity contribution < 1.29 is 4.79 Å². The van der Waals surface area contributed by atoms with E-state index in [0.717, 1.165) is 16.2 Å². The fraction of sp³-hybridized carbons (Fsp3) is 0.333. The molecule has 1 aromatic heterocycles. The Morgan fingerprint density at radius 1 is 1.59 bits per heavy atom. The van der Waals surface area contributed by atoms with E-state index < -0.39 is 0 Å². The quantitative estimate of drug-likeness (QED) is 0.622. The van der Waals surface area contributed by atoms with Crippen LogP contribution in [-0.4, -0.2) is 21.2 Å². The number of carbonyl (C=O) groups is 1. The number of nitrogens with zero attached hydrogens (tertiary/aromatic N) is 1. The lowest BCUT2D eigenvalue weighted by Gasteiger charge is -2.21. The zero-order valence-electron chi connectivity index (χ0n) is 9.67. The summed E-state index contributed by atoms with van der Waals surface area (Å²) in [5.41, 5.74) is 0. The van der Waals surface area contributed by atoms with E-state index in [1.807, 2.05) is 30.5 Å². The molecular formula is C12H13NOS3. The van der Waals surface area contributed by atoms with Crippen LogP contribution in [0.25, 0.3) is 6.08 Å². The molecule has 1 aliphatic rings. The summed E-state index contributed by atoms with van der Waals surface area (Å²) in [6, 6.07) is 4.16. The predicted octanol–water partition coefficient (Wildman–Crippen LogP) is 3.75. The largest absolute Gasteiger partial charge is 0.290 e. The van der Waals surface area contributed by atoms with Crippen LogP contribution in [0.2, 0.25) is 0 Å². The molecule has 0 bridgehead atoms. The smallest absolute Gasteiger partial charge is 0.266 e. The summed E-state index contributed by atoms with van der Waals surface area (Å²) in [4.78, 5) is 15.7. The first kappa shape index (κ1) is 12.8. The van der Waals surface area contributed by atoms with Gasteiger partial charge in [-0.2, -0.15) is 0 Å².